The van der Waals surface area contributed by atoms with Gasteiger partial charge in [-0.25, -0.2) is 0 Å². The number of hydrogen-bond acceptors (Lipinski definition) is 7. The Morgan fingerprint density at radius 2 is 1.81 bits per heavy atom. The van der Waals surface area contributed by atoms with Gasteiger partial charge in [0.15, 0.2) is 6.10 Å². The van der Waals surface area contributed by atoms with Gasteiger partial charge in [-0.3, -0.25) is 9.59 Å². The second-order valence-electron chi connectivity index (χ2n) is 8.80. The molecule has 1 amide bonds. The molecule has 0 saturated heterocycles. The highest BCUT2D eigenvalue weighted by Crippen LogP contribution is 2.49. The highest BCUT2D eigenvalue weighted by Gasteiger charge is 2.41. The van der Waals surface area contributed by atoms with E-state index >= 15 is 0 Å². The SMILES string of the molecule is COc1ccc([C@H]2Sc3cc(Oc4ccccc4)ccc3N(CCN(C)C)C(=O)[C@H]2OC(C)=O)cc1Cl. The van der Waals surface area contributed by atoms with Crippen LogP contribution in [0.5, 0.6) is 17.2 Å². The first-order chi connectivity index (χ1) is 17.8. The summed E-state index contributed by atoms with van der Waals surface area (Å²) in [6.07, 6.45) is -1.06. The van der Waals surface area contributed by atoms with Gasteiger partial charge in [-0.1, -0.05) is 35.9 Å². The highest BCUT2D eigenvalue weighted by molar-refractivity contribution is 7.99. The van der Waals surface area contributed by atoms with E-state index < -0.39 is 17.3 Å². The van der Waals surface area contributed by atoms with E-state index in [1.165, 1.54) is 18.7 Å². The molecule has 0 saturated carbocycles. The van der Waals surface area contributed by atoms with E-state index in [0.717, 1.165) is 16.1 Å². The molecule has 9 heteroatoms. The van der Waals surface area contributed by atoms with E-state index in [4.69, 9.17) is 25.8 Å². The van der Waals surface area contributed by atoms with Gasteiger partial charge in [0.25, 0.3) is 5.91 Å². The van der Waals surface area contributed by atoms with Crippen molar-refractivity contribution in [3.63, 3.8) is 0 Å². The molecular formula is C28H29ClN2O5S. The van der Waals surface area contributed by atoms with Crippen LogP contribution in [0.1, 0.15) is 17.7 Å². The number of esters is 1. The van der Waals surface area contributed by atoms with Gasteiger partial charge in [0.05, 0.1) is 23.1 Å². The Morgan fingerprint density at radius 1 is 1.05 bits per heavy atom. The lowest BCUT2D eigenvalue weighted by Crippen LogP contribution is -2.45. The quantitative estimate of drug-likeness (QED) is 0.334. The van der Waals surface area contributed by atoms with Crippen molar-refractivity contribution in [2.45, 2.75) is 23.2 Å². The minimum absolute atomic E-state index is 0.294. The molecule has 2 atom stereocenters. The van der Waals surface area contributed by atoms with E-state index in [-0.39, 0.29) is 5.91 Å². The van der Waals surface area contributed by atoms with Gasteiger partial charge in [0.2, 0.25) is 0 Å². The number of ether oxygens (including phenoxy) is 3. The number of hydrogen-bond donors (Lipinski definition) is 0. The molecular weight excluding hydrogens is 512 g/mol. The molecule has 1 heterocycles. The van der Waals surface area contributed by atoms with Gasteiger partial charge < -0.3 is 24.0 Å². The maximum absolute atomic E-state index is 14.0. The van der Waals surface area contributed by atoms with Crippen LogP contribution in [0.15, 0.2) is 71.6 Å². The molecule has 0 fully saturated rings. The summed E-state index contributed by atoms with van der Waals surface area (Å²) in [7, 11) is 5.43. The Balaban J connectivity index is 1.81. The molecule has 194 valence electrons. The fourth-order valence-electron chi connectivity index (χ4n) is 4.02. The van der Waals surface area contributed by atoms with Crippen LogP contribution >= 0.6 is 23.4 Å². The number of amides is 1. The van der Waals surface area contributed by atoms with Crippen LogP contribution in [0, 0.1) is 0 Å². The van der Waals surface area contributed by atoms with E-state index in [9.17, 15) is 9.59 Å². The lowest BCUT2D eigenvalue weighted by Gasteiger charge is -2.28. The summed E-state index contributed by atoms with van der Waals surface area (Å²) in [4.78, 5) is 30.6. The molecule has 0 bridgehead atoms. The maximum atomic E-state index is 14.0. The molecule has 4 rings (SSSR count). The molecule has 7 nitrogen and oxygen atoms in total. The summed E-state index contributed by atoms with van der Waals surface area (Å²) in [5, 5.41) is -0.139. The average Bonchev–Trinajstić information content (AvgIpc) is 2.97. The van der Waals surface area contributed by atoms with Gasteiger partial charge in [-0.2, -0.15) is 0 Å². The maximum Gasteiger partial charge on any atom is 0.303 e. The summed E-state index contributed by atoms with van der Waals surface area (Å²) in [5.74, 6) is 1.03. The zero-order chi connectivity index (χ0) is 26.5. The number of halogens is 1. The highest BCUT2D eigenvalue weighted by atomic mass is 35.5. The number of nitrogens with zero attached hydrogens (tertiary/aromatic N) is 2. The fourth-order valence-corrected chi connectivity index (χ4v) is 5.63. The summed E-state index contributed by atoms with van der Waals surface area (Å²) < 4.78 is 17.1. The molecule has 0 aromatic heterocycles. The van der Waals surface area contributed by atoms with Crippen molar-refractivity contribution in [2.75, 3.05) is 39.2 Å². The molecule has 0 unspecified atom stereocenters. The Kier molecular flexibility index (Phi) is 8.63. The van der Waals surface area contributed by atoms with Crippen LogP contribution in [-0.2, 0) is 14.3 Å². The number of rotatable bonds is 8. The first-order valence-electron chi connectivity index (χ1n) is 11.8. The molecule has 1 aliphatic heterocycles. The first-order valence-corrected chi connectivity index (χ1v) is 13.0. The number of para-hydroxylation sites is 1. The van der Waals surface area contributed by atoms with Crippen molar-refractivity contribution in [2.24, 2.45) is 0 Å². The fraction of sp³-hybridized carbons (Fsp3) is 0.286. The summed E-state index contributed by atoms with van der Waals surface area (Å²) in [6.45, 7) is 2.36. The predicted molar refractivity (Wildman–Crippen MR) is 146 cm³/mol. The Hall–Kier alpha value is -3.20. The largest absolute Gasteiger partial charge is 0.495 e. The van der Waals surface area contributed by atoms with Crippen molar-refractivity contribution in [3.05, 3.63) is 77.3 Å². The zero-order valence-electron chi connectivity index (χ0n) is 21.1. The van der Waals surface area contributed by atoms with Gasteiger partial charge in [0, 0.05) is 24.9 Å². The third-order valence-electron chi connectivity index (χ3n) is 5.81. The van der Waals surface area contributed by atoms with E-state index in [1.54, 1.807) is 24.1 Å². The van der Waals surface area contributed by atoms with Gasteiger partial charge in [-0.05, 0) is 62.1 Å². The van der Waals surface area contributed by atoms with Crippen molar-refractivity contribution < 1.29 is 23.8 Å². The number of anilines is 1. The number of thioether (sulfide) groups is 1. The smallest absolute Gasteiger partial charge is 0.303 e. The van der Waals surface area contributed by atoms with Crippen LogP contribution in [0.2, 0.25) is 5.02 Å². The lowest BCUT2D eigenvalue weighted by atomic mass is 10.1. The zero-order valence-corrected chi connectivity index (χ0v) is 22.7. The monoisotopic (exact) mass is 540 g/mol. The molecule has 0 aliphatic carbocycles. The van der Waals surface area contributed by atoms with E-state index in [2.05, 4.69) is 0 Å². The van der Waals surface area contributed by atoms with Crippen molar-refractivity contribution in [1.82, 2.24) is 4.90 Å². The Labute approximate surface area is 226 Å². The second kappa shape index (κ2) is 11.9. The van der Waals surface area contributed by atoms with Crippen molar-refractivity contribution >= 4 is 40.9 Å². The van der Waals surface area contributed by atoms with Crippen molar-refractivity contribution in [3.8, 4) is 17.2 Å². The number of carbonyl (C=O) groups excluding carboxylic acids is 2. The average molecular weight is 541 g/mol. The first kappa shape index (κ1) is 26.9. The van der Waals surface area contributed by atoms with Crippen LogP contribution in [0.25, 0.3) is 0 Å². The third-order valence-corrected chi connectivity index (χ3v) is 7.46. The minimum Gasteiger partial charge on any atom is -0.495 e. The number of fused-ring (bicyclic) bond motifs is 1. The van der Waals surface area contributed by atoms with Crippen LogP contribution in [0.4, 0.5) is 5.69 Å². The number of benzene rings is 3. The van der Waals surface area contributed by atoms with Gasteiger partial charge in [-0.15, -0.1) is 11.8 Å². The standard InChI is InChI=1S/C28H29ClN2O5S/c1-18(32)35-26-27(19-10-13-24(34-4)22(29)16-19)37-25-17-21(36-20-8-6-5-7-9-20)11-12-23(25)31(28(26)33)15-14-30(2)3/h5-13,16-17,26-27H,14-15H2,1-4H3/t26-,27+/m0/s1. The van der Waals surface area contributed by atoms with Crippen LogP contribution < -0.4 is 14.4 Å². The van der Waals surface area contributed by atoms with Crippen LogP contribution in [-0.4, -0.2) is 57.2 Å². The Bertz CT molecular complexity index is 1270. The third kappa shape index (κ3) is 6.39. The summed E-state index contributed by atoms with van der Waals surface area (Å²) >= 11 is 7.88. The van der Waals surface area contributed by atoms with Gasteiger partial charge >= 0.3 is 5.97 Å². The molecule has 37 heavy (non-hydrogen) atoms. The molecule has 3 aromatic carbocycles. The van der Waals surface area contributed by atoms with E-state index in [0.29, 0.717) is 35.4 Å². The Morgan fingerprint density at radius 3 is 2.46 bits per heavy atom. The molecule has 3 aromatic rings. The van der Waals surface area contributed by atoms with Gasteiger partial charge in [0.1, 0.15) is 17.2 Å². The number of carbonyl (C=O) groups is 2. The minimum atomic E-state index is -1.06. The van der Waals surface area contributed by atoms with E-state index in [1.807, 2.05) is 73.6 Å². The molecule has 1 aliphatic rings. The molecule has 0 radical (unpaired) electrons. The molecule has 0 N–H and O–H groups in total. The number of methoxy groups -OCH3 is 1. The number of likely N-dealkylation sites (N-methyl/N-ethyl adjacent to an activating group) is 1. The topological polar surface area (TPSA) is 68.3 Å². The normalized spacial score (nSPS) is 17.2. The van der Waals surface area contributed by atoms with Crippen LogP contribution in [0.3, 0.4) is 0 Å². The second-order valence-corrected chi connectivity index (χ2v) is 10.4. The predicted octanol–water partition coefficient (Wildman–Crippen LogP) is 5.81. The van der Waals surface area contributed by atoms with Crippen molar-refractivity contribution in [1.29, 1.82) is 0 Å². The molecule has 0 spiro atoms. The summed E-state index contributed by atoms with van der Waals surface area (Å²) in [5.41, 5.74) is 1.47. The summed E-state index contributed by atoms with van der Waals surface area (Å²) in [6, 6.07) is 20.5. The lowest BCUT2D eigenvalue weighted by molar-refractivity contribution is -0.152.